The Morgan fingerprint density at radius 3 is 2.59 bits per heavy atom. The van der Waals surface area contributed by atoms with Crippen molar-refractivity contribution in [2.24, 2.45) is 5.92 Å². The standard InChI is InChI=1S/C15H27NO/c1-13(17)14-9-11-16(12-10-14)15-7-5-3-2-4-6-8-15/h5,7,13-15,17H,2-4,6,8-12H2,1H3/b7-5+. The topological polar surface area (TPSA) is 23.5 Å². The Labute approximate surface area is 106 Å². The quantitative estimate of drug-likeness (QED) is 0.746. The second-order valence-corrected chi connectivity index (χ2v) is 5.75. The van der Waals surface area contributed by atoms with Gasteiger partial charge in [-0.05, 0) is 58.0 Å². The van der Waals surface area contributed by atoms with Gasteiger partial charge >= 0.3 is 0 Å². The number of likely N-dealkylation sites (tertiary alicyclic amines) is 1. The third kappa shape index (κ3) is 3.82. The number of rotatable bonds is 2. The molecule has 0 amide bonds. The first kappa shape index (κ1) is 13.1. The molecule has 0 aromatic rings. The molecule has 17 heavy (non-hydrogen) atoms. The van der Waals surface area contributed by atoms with Crippen LogP contribution < -0.4 is 0 Å². The molecule has 1 N–H and O–H groups in total. The summed E-state index contributed by atoms with van der Waals surface area (Å²) in [5.74, 6) is 0.531. The molecule has 2 unspecified atom stereocenters. The fourth-order valence-electron chi connectivity index (χ4n) is 3.18. The normalized spacial score (nSPS) is 32.7. The number of hydrogen-bond acceptors (Lipinski definition) is 2. The van der Waals surface area contributed by atoms with Gasteiger partial charge in [0.2, 0.25) is 0 Å². The average Bonchev–Trinajstić information content (AvgIpc) is 2.29. The lowest BCUT2D eigenvalue weighted by Gasteiger charge is -2.37. The van der Waals surface area contributed by atoms with Crippen LogP contribution in [0.5, 0.6) is 0 Å². The Hall–Kier alpha value is -0.340. The maximum Gasteiger partial charge on any atom is 0.0541 e. The molecule has 0 saturated carbocycles. The van der Waals surface area contributed by atoms with Gasteiger partial charge < -0.3 is 5.11 Å². The number of aliphatic hydroxyl groups is 1. The minimum atomic E-state index is -0.120. The molecule has 2 rings (SSSR count). The third-order valence-electron chi connectivity index (χ3n) is 4.45. The molecule has 1 aliphatic carbocycles. The second kappa shape index (κ2) is 6.55. The summed E-state index contributed by atoms with van der Waals surface area (Å²) in [6, 6.07) is 0.672. The molecule has 0 bridgehead atoms. The summed E-state index contributed by atoms with van der Waals surface area (Å²) < 4.78 is 0. The zero-order valence-corrected chi connectivity index (χ0v) is 11.1. The lowest BCUT2D eigenvalue weighted by Crippen LogP contribution is -2.42. The minimum Gasteiger partial charge on any atom is -0.393 e. The number of aliphatic hydroxyl groups excluding tert-OH is 1. The summed E-state index contributed by atoms with van der Waals surface area (Å²) in [4.78, 5) is 2.63. The third-order valence-corrected chi connectivity index (χ3v) is 4.45. The van der Waals surface area contributed by atoms with Gasteiger partial charge in [0, 0.05) is 6.04 Å². The lowest BCUT2D eigenvalue weighted by atomic mass is 9.90. The van der Waals surface area contributed by atoms with E-state index in [1.54, 1.807) is 0 Å². The first-order valence-corrected chi connectivity index (χ1v) is 7.36. The van der Waals surface area contributed by atoms with Gasteiger partial charge in [0.1, 0.15) is 0 Å². The SMILES string of the molecule is CC(O)C1CCN(C2/C=C/CCCCC2)CC1. The zero-order valence-electron chi connectivity index (χ0n) is 11.1. The molecule has 0 aromatic carbocycles. The van der Waals surface area contributed by atoms with Crippen LogP contribution in [-0.2, 0) is 0 Å². The van der Waals surface area contributed by atoms with E-state index in [1.165, 1.54) is 58.0 Å². The number of allylic oxidation sites excluding steroid dienone is 1. The highest BCUT2D eigenvalue weighted by Crippen LogP contribution is 2.25. The Kier molecular flexibility index (Phi) is 5.05. The molecule has 0 aromatic heterocycles. The van der Waals surface area contributed by atoms with Crippen LogP contribution in [-0.4, -0.2) is 35.2 Å². The van der Waals surface area contributed by atoms with Gasteiger partial charge in [-0.2, -0.15) is 0 Å². The van der Waals surface area contributed by atoms with Crippen molar-refractivity contribution < 1.29 is 5.11 Å². The van der Waals surface area contributed by atoms with E-state index in [9.17, 15) is 5.11 Å². The molecule has 1 aliphatic heterocycles. The van der Waals surface area contributed by atoms with E-state index >= 15 is 0 Å². The van der Waals surface area contributed by atoms with Crippen LogP contribution >= 0.6 is 0 Å². The van der Waals surface area contributed by atoms with E-state index in [-0.39, 0.29) is 6.10 Å². The van der Waals surface area contributed by atoms with E-state index in [0.29, 0.717) is 12.0 Å². The number of hydrogen-bond donors (Lipinski definition) is 1. The van der Waals surface area contributed by atoms with Crippen LogP contribution in [0, 0.1) is 5.92 Å². The highest BCUT2D eigenvalue weighted by Gasteiger charge is 2.25. The van der Waals surface area contributed by atoms with Gasteiger partial charge in [0.25, 0.3) is 0 Å². The molecular formula is C15H27NO. The van der Waals surface area contributed by atoms with Gasteiger partial charge in [-0.1, -0.05) is 25.0 Å². The van der Waals surface area contributed by atoms with Gasteiger partial charge in [-0.15, -0.1) is 0 Å². The van der Waals surface area contributed by atoms with Crippen molar-refractivity contribution in [1.82, 2.24) is 4.90 Å². The first-order valence-electron chi connectivity index (χ1n) is 7.36. The lowest BCUT2D eigenvalue weighted by molar-refractivity contribution is 0.0612. The summed E-state index contributed by atoms with van der Waals surface area (Å²) in [7, 11) is 0. The molecule has 98 valence electrons. The van der Waals surface area contributed by atoms with Crippen molar-refractivity contribution in [1.29, 1.82) is 0 Å². The van der Waals surface area contributed by atoms with E-state index in [1.807, 2.05) is 6.92 Å². The monoisotopic (exact) mass is 237 g/mol. The van der Waals surface area contributed by atoms with E-state index < -0.39 is 0 Å². The molecule has 1 fully saturated rings. The van der Waals surface area contributed by atoms with Gasteiger partial charge in [-0.3, -0.25) is 4.90 Å². The van der Waals surface area contributed by atoms with Gasteiger partial charge in [0.15, 0.2) is 0 Å². The average molecular weight is 237 g/mol. The second-order valence-electron chi connectivity index (χ2n) is 5.75. The van der Waals surface area contributed by atoms with E-state index in [2.05, 4.69) is 17.1 Å². The van der Waals surface area contributed by atoms with Crippen LogP contribution in [0.4, 0.5) is 0 Å². The van der Waals surface area contributed by atoms with Crippen molar-refractivity contribution in [3.8, 4) is 0 Å². The number of nitrogens with zero attached hydrogens (tertiary/aromatic N) is 1. The Bertz CT molecular complexity index is 241. The zero-order chi connectivity index (χ0) is 12.1. The molecular weight excluding hydrogens is 210 g/mol. The van der Waals surface area contributed by atoms with E-state index in [0.717, 1.165) is 0 Å². The van der Waals surface area contributed by atoms with Crippen LogP contribution in [0.25, 0.3) is 0 Å². The van der Waals surface area contributed by atoms with Gasteiger partial charge in [0.05, 0.1) is 6.10 Å². The van der Waals surface area contributed by atoms with Gasteiger partial charge in [-0.25, -0.2) is 0 Å². The van der Waals surface area contributed by atoms with Crippen LogP contribution in [0.15, 0.2) is 12.2 Å². The van der Waals surface area contributed by atoms with Crippen molar-refractivity contribution in [3.63, 3.8) is 0 Å². The minimum absolute atomic E-state index is 0.120. The van der Waals surface area contributed by atoms with Crippen molar-refractivity contribution in [2.45, 2.75) is 64.0 Å². The summed E-state index contributed by atoms with van der Waals surface area (Å²) in [5, 5.41) is 9.62. The molecule has 2 atom stereocenters. The maximum atomic E-state index is 9.62. The van der Waals surface area contributed by atoms with Crippen LogP contribution in [0.2, 0.25) is 0 Å². The Morgan fingerprint density at radius 1 is 1.12 bits per heavy atom. The fourth-order valence-corrected chi connectivity index (χ4v) is 3.18. The molecule has 2 nitrogen and oxygen atoms in total. The summed E-state index contributed by atoms with van der Waals surface area (Å²) >= 11 is 0. The molecule has 2 heteroatoms. The summed E-state index contributed by atoms with van der Waals surface area (Å²) in [6.45, 7) is 4.28. The summed E-state index contributed by atoms with van der Waals surface area (Å²) in [6.07, 6.45) is 13.8. The fraction of sp³-hybridized carbons (Fsp3) is 0.867. The smallest absolute Gasteiger partial charge is 0.0541 e. The highest BCUT2D eigenvalue weighted by molar-refractivity contribution is 4.97. The largest absolute Gasteiger partial charge is 0.393 e. The molecule has 0 spiro atoms. The molecule has 0 radical (unpaired) electrons. The predicted molar refractivity (Wildman–Crippen MR) is 72.0 cm³/mol. The Balaban J connectivity index is 1.84. The molecule has 2 aliphatic rings. The number of piperidine rings is 1. The Morgan fingerprint density at radius 2 is 1.88 bits per heavy atom. The van der Waals surface area contributed by atoms with Crippen molar-refractivity contribution >= 4 is 0 Å². The highest BCUT2D eigenvalue weighted by atomic mass is 16.3. The van der Waals surface area contributed by atoms with Crippen LogP contribution in [0.1, 0.15) is 51.9 Å². The predicted octanol–water partition coefficient (Wildman–Crippen LogP) is 2.97. The first-order chi connectivity index (χ1) is 8.27. The molecule has 1 saturated heterocycles. The van der Waals surface area contributed by atoms with Crippen LogP contribution in [0.3, 0.4) is 0 Å². The summed E-state index contributed by atoms with van der Waals surface area (Å²) in [5.41, 5.74) is 0. The van der Waals surface area contributed by atoms with Crippen molar-refractivity contribution in [3.05, 3.63) is 12.2 Å². The van der Waals surface area contributed by atoms with Crippen molar-refractivity contribution in [2.75, 3.05) is 13.1 Å². The maximum absolute atomic E-state index is 9.62. The van der Waals surface area contributed by atoms with E-state index in [4.69, 9.17) is 0 Å². The molecule has 1 heterocycles.